The Morgan fingerprint density at radius 1 is 1.13 bits per heavy atom. The maximum atomic E-state index is 13.2. The van der Waals surface area contributed by atoms with Gasteiger partial charge in [0.05, 0.1) is 13.2 Å². The molecule has 1 unspecified atom stereocenters. The number of carbonyl (C=O) groups is 1. The molecule has 30 heavy (non-hydrogen) atoms. The minimum Gasteiger partial charge on any atom is -0.497 e. The van der Waals surface area contributed by atoms with Crippen molar-refractivity contribution in [3.63, 3.8) is 0 Å². The van der Waals surface area contributed by atoms with Crippen LogP contribution < -0.4 is 10.1 Å². The van der Waals surface area contributed by atoms with Crippen LogP contribution in [0.25, 0.3) is 11.0 Å². The molecule has 0 spiro atoms. The predicted molar refractivity (Wildman–Crippen MR) is 118 cm³/mol. The molecule has 1 aliphatic heterocycles. The summed E-state index contributed by atoms with van der Waals surface area (Å²) in [5.74, 6) is 0.916. The van der Waals surface area contributed by atoms with Crippen LogP contribution in [0.15, 0.2) is 52.9 Å². The van der Waals surface area contributed by atoms with E-state index < -0.39 is 0 Å². The summed E-state index contributed by atoms with van der Waals surface area (Å²) in [6.45, 7) is 6.77. The highest BCUT2D eigenvalue weighted by atomic mass is 16.5. The third kappa shape index (κ3) is 4.35. The van der Waals surface area contributed by atoms with Gasteiger partial charge in [-0.3, -0.25) is 9.69 Å². The first-order chi connectivity index (χ1) is 14.5. The van der Waals surface area contributed by atoms with E-state index in [1.54, 1.807) is 7.11 Å². The van der Waals surface area contributed by atoms with Crippen molar-refractivity contribution in [2.45, 2.75) is 13.0 Å². The van der Waals surface area contributed by atoms with Gasteiger partial charge in [-0.1, -0.05) is 30.3 Å². The first-order valence-electron chi connectivity index (χ1n) is 10.4. The second-order valence-electron chi connectivity index (χ2n) is 7.96. The predicted octanol–water partition coefficient (Wildman–Crippen LogP) is 3.47. The van der Waals surface area contributed by atoms with Gasteiger partial charge in [0, 0.05) is 43.7 Å². The monoisotopic (exact) mass is 407 g/mol. The van der Waals surface area contributed by atoms with Gasteiger partial charge in [-0.15, -0.1) is 0 Å². The average molecular weight is 408 g/mol. The maximum Gasteiger partial charge on any atom is 0.287 e. The van der Waals surface area contributed by atoms with Crippen LogP contribution in [0.1, 0.15) is 27.7 Å². The summed E-state index contributed by atoms with van der Waals surface area (Å²) in [6, 6.07) is 15.6. The Morgan fingerprint density at radius 3 is 2.57 bits per heavy atom. The number of hydrogen-bond acceptors (Lipinski definition) is 5. The molecule has 1 atom stereocenters. The Bertz CT molecular complexity index is 1010. The number of rotatable bonds is 6. The molecule has 1 fully saturated rings. The van der Waals surface area contributed by atoms with Crippen molar-refractivity contribution >= 4 is 16.9 Å². The number of ether oxygens (including phenoxy) is 1. The number of benzene rings is 2. The standard InChI is InChI=1S/C24H29N3O3/c1-17-20-15-19(29-3)9-10-22(20)30-23(17)24(28)25-21(18-7-5-4-6-8-18)16-27-13-11-26(2)12-14-27/h4-10,15,21H,11-14,16H2,1-3H3,(H,25,28). The molecule has 1 aliphatic rings. The summed E-state index contributed by atoms with van der Waals surface area (Å²) >= 11 is 0. The van der Waals surface area contributed by atoms with Gasteiger partial charge >= 0.3 is 0 Å². The number of nitrogens with zero attached hydrogens (tertiary/aromatic N) is 2. The zero-order valence-corrected chi connectivity index (χ0v) is 17.9. The fourth-order valence-electron chi connectivity index (χ4n) is 3.98. The van der Waals surface area contributed by atoms with Crippen molar-refractivity contribution < 1.29 is 13.9 Å². The smallest absolute Gasteiger partial charge is 0.287 e. The number of hydrogen-bond donors (Lipinski definition) is 1. The van der Waals surface area contributed by atoms with Crippen LogP contribution in [-0.2, 0) is 0 Å². The van der Waals surface area contributed by atoms with Gasteiger partial charge in [-0.2, -0.15) is 0 Å². The van der Waals surface area contributed by atoms with Crippen LogP contribution in [-0.4, -0.2) is 62.6 Å². The number of amides is 1. The lowest BCUT2D eigenvalue weighted by Crippen LogP contribution is -2.47. The van der Waals surface area contributed by atoms with Crippen LogP contribution in [0.5, 0.6) is 5.75 Å². The molecule has 1 N–H and O–H groups in total. The lowest BCUT2D eigenvalue weighted by Gasteiger charge is -2.35. The van der Waals surface area contributed by atoms with Gasteiger partial charge < -0.3 is 19.4 Å². The van der Waals surface area contributed by atoms with E-state index in [-0.39, 0.29) is 11.9 Å². The lowest BCUT2D eigenvalue weighted by atomic mass is 10.1. The first kappa shape index (κ1) is 20.4. The van der Waals surface area contributed by atoms with Crippen molar-refractivity contribution in [3.8, 4) is 5.75 Å². The SMILES string of the molecule is COc1ccc2oc(C(=O)NC(CN3CCN(C)CC3)c3ccccc3)c(C)c2c1. The average Bonchev–Trinajstić information content (AvgIpc) is 3.11. The molecule has 0 bridgehead atoms. The summed E-state index contributed by atoms with van der Waals surface area (Å²) in [5, 5.41) is 4.12. The summed E-state index contributed by atoms with van der Waals surface area (Å²) < 4.78 is 11.2. The van der Waals surface area contributed by atoms with Gasteiger partial charge in [0.15, 0.2) is 5.76 Å². The number of aryl methyl sites for hydroxylation is 1. The third-order valence-corrected chi connectivity index (χ3v) is 5.89. The van der Waals surface area contributed by atoms with Gasteiger partial charge in [-0.05, 0) is 37.7 Å². The van der Waals surface area contributed by atoms with Crippen molar-refractivity contribution in [3.05, 3.63) is 65.4 Å². The highest BCUT2D eigenvalue weighted by Gasteiger charge is 2.24. The van der Waals surface area contributed by atoms with Gasteiger partial charge in [0.1, 0.15) is 11.3 Å². The van der Waals surface area contributed by atoms with Gasteiger partial charge in [0.2, 0.25) is 0 Å². The molecule has 4 rings (SSSR count). The van der Waals surface area contributed by atoms with E-state index in [9.17, 15) is 4.79 Å². The Morgan fingerprint density at radius 2 is 1.87 bits per heavy atom. The summed E-state index contributed by atoms with van der Waals surface area (Å²) in [4.78, 5) is 17.9. The van der Waals surface area contributed by atoms with Crippen molar-refractivity contribution in [1.29, 1.82) is 0 Å². The van der Waals surface area contributed by atoms with Crippen molar-refractivity contribution in [1.82, 2.24) is 15.1 Å². The van der Waals surface area contributed by atoms with E-state index in [2.05, 4.69) is 34.3 Å². The van der Waals surface area contributed by atoms with Crippen LogP contribution in [0.4, 0.5) is 0 Å². The molecular formula is C24H29N3O3. The number of methoxy groups -OCH3 is 1. The molecule has 6 nitrogen and oxygen atoms in total. The molecule has 0 radical (unpaired) electrons. The number of furan rings is 1. The number of carbonyl (C=O) groups excluding carboxylic acids is 1. The normalized spacial score (nSPS) is 16.5. The van der Waals surface area contributed by atoms with Crippen molar-refractivity contribution in [2.75, 3.05) is 46.9 Å². The second-order valence-corrected chi connectivity index (χ2v) is 7.96. The van der Waals surface area contributed by atoms with E-state index in [4.69, 9.17) is 9.15 Å². The van der Waals surface area contributed by atoms with E-state index in [0.29, 0.717) is 11.3 Å². The Kier molecular flexibility index (Phi) is 6.06. The molecule has 6 heteroatoms. The van der Waals surface area contributed by atoms with Crippen LogP contribution in [0.2, 0.25) is 0 Å². The highest BCUT2D eigenvalue weighted by Crippen LogP contribution is 2.29. The second kappa shape index (κ2) is 8.90. The maximum absolute atomic E-state index is 13.2. The Labute approximate surface area is 177 Å². The highest BCUT2D eigenvalue weighted by molar-refractivity contribution is 5.99. The topological polar surface area (TPSA) is 58.0 Å². The molecule has 158 valence electrons. The van der Waals surface area contributed by atoms with E-state index in [0.717, 1.165) is 55.0 Å². The quantitative estimate of drug-likeness (QED) is 0.678. The van der Waals surface area contributed by atoms with Crippen molar-refractivity contribution in [2.24, 2.45) is 0 Å². The summed E-state index contributed by atoms with van der Waals surface area (Å²) in [7, 11) is 3.78. The largest absolute Gasteiger partial charge is 0.497 e. The zero-order valence-electron chi connectivity index (χ0n) is 17.9. The van der Waals surface area contributed by atoms with Gasteiger partial charge in [0.25, 0.3) is 5.91 Å². The van der Waals surface area contributed by atoms with Crippen LogP contribution in [0, 0.1) is 6.92 Å². The molecule has 0 aliphatic carbocycles. The summed E-state index contributed by atoms with van der Waals surface area (Å²) in [5.41, 5.74) is 2.61. The molecule has 0 saturated carbocycles. The number of fused-ring (bicyclic) bond motifs is 1. The zero-order chi connectivity index (χ0) is 21.1. The molecule has 1 aromatic heterocycles. The van der Waals surface area contributed by atoms with Gasteiger partial charge in [-0.25, -0.2) is 0 Å². The third-order valence-electron chi connectivity index (χ3n) is 5.89. The molecule has 2 heterocycles. The number of piperazine rings is 1. The molecule has 1 amide bonds. The molecule has 2 aromatic carbocycles. The fourth-order valence-corrected chi connectivity index (χ4v) is 3.98. The molecule has 1 saturated heterocycles. The fraction of sp³-hybridized carbons (Fsp3) is 0.375. The minimum atomic E-state index is -0.189. The van der Waals surface area contributed by atoms with Crippen LogP contribution >= 0.6 is 0 Å². The van der Waals surface area contributed by atoms with E-state index in [1.165, 1.54) is 0 Å². The lowest BCUT2D eigenvalue weighted by molar-refractivity contribution is 0.0881. The van der Waals surface area contributed by atoms with E-state index in [1.807, 2.05) is 43.3 Å². The Hall–Kier alpha value is -2.83. The number of nitrogens with one attached hydrogen (secondary N) is 1. The molecule has 3 aromatic rings. The molecular weight excluding hydrogens is 378 g/mol. The Balaban J connectivity index is 1.57. The first-order valence-corrected chi connectivity index (χ1v) is 10.4. The number of likely N-dealkylation sites (N-methyl/N-ethyl adjacent to an activating group) is 1. The van der Waals surface area contributed by atoms with Crippen LogP contribution in [0.3, 0.4) is 0 Å². The van der Waals surface area contributed by atoms with E-state index >= 15 is 0 Å². The minimum absolute atomic E-state index is 0.107. The summed E-state index contributed by atoms with van der Waals surface area (Å²) in [6.07, 6.45) is 0.